The summed E-state index contributed by atoms with van der Waals surface area (Å²) >= 11 is 0. The molecule has 0 unspecified atom stereocenters. The quantitative estimate of drug-likeness (QED) is 0.700. The van der Waals surface area contributed by atoms with Crippen molar-refractivity contribution in [3.8, 4) is 0 Å². The van der Waals surface area contributed by atoms with Crippen molar-refractivity contribution >= 4 is 24.9 Å². The molecule has 2 aliphatic rings. The molecule has 2 nitrogen and oxygen atoms in total. The van der Waals surface area contributed by atoms with Gasteiger partial charge in [0.2, 0.25) is 5.91 Å². The van der Waals surface area contributed by atoms with Gasteiger partial charge in [-0.25, -0.2) is 0 Å². The summed E-state index contributed by atoms with van der Waals surface area (Å²) < 4.78 is 38.2. The van der Waals surface area contributed by atoms with Gasteiger partial charge in [0.15, 0.2) is 0 Å². The maximum atomic E-state index is 12.7. The van der Waals surface area contributed by atoms with Gasteiger partial charge in [0.05, 0.1) is 11.0 Å². The Bertz CT molecular complexity index is 549. The fourth-order valence-electron chi connectivity index (χ4n) is 2.73. The number of hydrogen-bond acceptors (Lipinski definition) is 1. The number of amides is 1. The van der Waals surface area contributed by atoms with Crippen molar-refractivity contribution in [2.45, 2.75) is 30.9 Å². The Morgan fingerprint density at radius 1 is 1.28 bits per heavy atom. The van der Waals surface area contributed by atoms with E-state index >= 15 is 0 Å². The molecular formula is C12H9BF3NO. The van der Waals surface area contributed by atoms with Gasteiger partial charge in [0.1, 0.15) is 7.85 Å². The molecule has 2 radical (unpaired) electrons. The zero-order chi connectivity index (χ0) is 13.1. The number of halogens is 3. The maximum Gasteiger partial charge on any atom is 0.416 e. The molecule has 3 rings (SSSR count). The lowest BCUT2D eigenvalue weighted by atomic mass is 9.64. The van der Waals surface area contributed by atoms with Gasteiger partial charge in [0, 0.05) is 5.69 Å². The lowest BCUT2D eigenvalue weighted by Gasteiger charge is -2.36. The van der Waals surface area contributed by atoms with E-state index in [0.717, 1.165) is 18.6 Å². The third kappa shape index (κ3) is 1.34. The molecule has 0 bridgehead atoms. The lowest BCUT2D eigenvalue weighted by molar-refractivity contribution is -0.137. The van der Waals surface area contributed by atoms with Crippen LogP contribution < -0.4 is 10.8 Å². The molecule has 1 heterocycles. The second-order valence-electron chi connectivity index (χ2n) is 4.88. The summed E-state index contributed by atoms with van der Waals surface area (Å²) in [6.07, 6.45) is -2.41. The van der Waals surface area contributed by atoms with Crippen molar-refractivity contribution in [2.24, 2.45) is 0 Å². The minimum absolute atomic E-state index is 0.0167. The number of benzene rings is 1. The molecule has 0 atom stereocenters. The molecule has 1 aliphatic heterocycles. The Morgan fingerprint density at radius 2 is 1.94 bits per heavy atom. The van der Waals surface area contributed by atoms with Gasteiger partial charge in [-0.2, -0.15) is 13.2 Å². The van der Waals surface area contributed by atoms with Gasteiger partial charge in [0.25, 0.3) is 0 Å². The first-order chi connectivity index (χ1) is 8.34. The van der Waals surface area contributed by atoms with Crippen LogP contribution in [0.2, 0.25) is 0 Å². The summed E-state index contributed by atoms with van der Waals surface area (Å²) in [5.74, 6) is -0.227. The molecule has 0 aromatic heterocycles. The van der Waals surface area contributed by atoms with Crippen LogP contribution in [0, 0.1) is 0 Å². The van der Waals surface area contributed by atoms with Gasteiger partial charge in [-0.15, -0.1) is 0 Å². The lowest BCUT2D eigenvalue weighted by Crippen LogP contribution is -2.40. The molecule has 1 aromatic rings. The summed E-state index contributed by atoms with van der Waals surface area (Å²) in [5.41, 5.74) is -0.817. The first-order valence-corrected chi connectivity index (χ1v) is 5.67. The van der Waals surface area contributed by atoms with Crippen LogP contribution in [0.1, 0.15) is 30.4 Å². The second kappa shape index (κ2) is 3.30. The summed E-state index contributed by atoms with van der Waals surface area (Å²) in [6.45, 7) is 0. The van der Waals surface area contributed by atoms with Crippen LogP contribution in [0.4, 0.5) is 18.9 Å². The van der Waals surface area contributed by atoms with Crippen LogP contribution in [0.15, 0.2) is 12.1 Å². The first-order valence-electron chi connectivity index (χ1n) is 5.67. The monoisotopic (exact) mass is 251 g/mol. The Hall–Kier alpha value is -1.46. The molecule has 6 heteroatoms. The van der Waals surface area contributed by atoms with Crippen molar-refractivity contribution in [3.63, 3.8) is 0 Å². The van der Waals surface area contributed by atoms with Crippen molar-refractivity contribution < 1.29 is 18.0 Å². The normalized spacial score (nSPS) is 20.5. The van der Waals surface area contributed by atoms with Gasteiger partial charge in [-0.3, -0.25) is 4.79 Å². The minimum atomic E-state index is -4.44. The molecule has 1 spiro atoms. The number of fused-ring (bicyclic) bond motifs is 2. The zero-order valence-corrected chi connectivity index (χ0v) is 9.40. The van der Waals surface area contributed by atoms with Crippen molar-refractivity contribution in [3.05, 3.63) is 23.3 Å². The number of carbonyl (C=O) groups is 1. The highest BCUT2D eigenvalue weighted by molar-refractivity contribution is 6.38. The largest absolute Gasteiger partial charge is 0.416 e. The number of hydrogen-bond donors (Lipinski definition) is 1. The first kappa shape index (κ1) is 11.6. The fraction of sp³-hybridized carbons (Fsp3) is 0.417. The van der Waals surface area contributed by atoms with Crippen LogP contribution in [0.5, 0.6) is 0 Å². The second-order valence-corrected chi connectivity index (χ2v) is 4.88. The summed E-state index contributed by atoms with van der Waals surface area (Å²) in [7, 11) is 5.62. The molecular weight excluding hydrogens is 242 g/mol. The highest BCUT2D eigenvalue weighted by Gasteiger charge is 2.52. The minimum Gasteiger partial charge on any atom is -0.326 e. The third-order valence-corrected chi connectivity index (χ3v) is 3.89. The average molecular weight is 251 g/mol. The van der Waals surface area contributed by atoms with E-state index in [-0.39, 0.29) is 11.4 Å². The van der Waals surface area contributed by atoms with Crippen LogP contribution in [0.25, 0.3) is 0 Å². The molecule has 1 N–H and O–H groups in total. The highest BCUT2D eigenvalue weighted by Crippen LogP contribution is 2.51. The number of nitrogens with one attached hydrogen (secondary N) is 1. The summed E-state index contributed by atoms with van der Waals surface area (Å²) in [5, 5.41) is 2.61. The SMILES string of the molecule is [B]c1cc(C(F)(F)F)cc2c1NC(=O)C21CCC1. The van der Waals surface area contributed by atoms with Gasteiger partial charge in [-0.1, -0.05) is 17.9 Å². The Labute approximate surface area is 103 Å². The average Bonchev–Trinajstić information content (AvgIpc) is 2.48. The molecule has 92 valence electrons. The molecule has 1 aromatic carbocycles. The molecule has 1 saturated carbocycles. The highest BCUT2D eigenvalue weighted by atomic mass is 19.4. The number of carbonyl (C=O) groups excluding carboxylic acids is 1. The Morgan fingerprint density at radius 3 is 2.44 bits per heavy atom. The Balaban J connectivity index is 2.20. The third-order valence-electron chi connectivity index (χ3n) is 3.89. The topological polar surface area (TPSA) is 29.1 Å². The van der Waals surface area contributed by atoms with Crippen LogP contribution >= 0.6 is 0 Å². The van der Waals surface area contributed by atoms with E-state index in [0.29, 0.717) is 24.1 Å². The molecule has 0 saturated heterocycles. The zero-order valence-electron chi connectivity index (χ0n) is 9.40. The predicted molar refractivity (Wildman–Crippen MR) is 61.0 cm³/mol. The van der Waals surface area contributed by atoms with Crippen LogP contribution in [-0.2, 0) is 16.4 Å². The van der Waals surface area contributed by atoms with E-state index in [1.165, 1.54) is 0 Å². The van der Waals surface area contributed by atoms with E-state index in [9.17, 15) is 18.0 Å². The van der Waals surface area contributed by atoms with E-state index in [2.05, 4.69) is 5.32 Å². The summed E-state index contributed by atoms with van der Waals surface area (Å²) in [6, 6.07) is 1.93. The smallest absolute Gasteiger partial charge is 0.326 e. The van der Waals surface area contributed by atoms with E-state index < -0.39 is 17.2 Å². The van der Waals surface area contributed by atoms with E-state index in [1.807, 2.05) is 0 Å². The predicted octanol–water partition coefficient (Wildman–Crippen LogP) is 1.87. The number of rotatable bonds is 0. The Kier molecular flexibility index (Phi) is 2.13. The van der Waals surface area contributed by atoms with Crippen molar-refractivity contribution in [2.75, 3.05) is 5.32 Å². The van der Waals surface area contributed by atoms with Gasteiger partial charge >= 0.3 is 6.18 Å². The standard InChI is InChI=1S/C12H9BF3NO/c13-8-5-6(12(14,15)16)4-7-9(8)17-10(18)11(7)2-1-3-11/h4-5H,1-3H2,(H,17,18). The molecule has 18 heavy (non-hydrogen) atoms. The maximum absolute atomic E-state index is 12.7. The van der Waals surface area contributed by atoms with Crippen molar-refractivity contribution in [1.82, 2.24) is 0 Å². The van der Waals surface area contributed by atoms with Gasteiger partial charge < -0.3 is 5.32 Å². The number of anilines is 1. The van der Waals surface area contributed by atoms with Crippen LogP contribution in [-0.4, -0.2) is 13.8 Å². The van der Waals surface area contributed by atoms with Crippen molar-refractivity contribution in [1.29, 1.82) is 0 Å². The van der Waals surface area contributed by atoms with Gasteiger partial charge in [-0.05, 0) is 24.5 Å². The van der Waals surface area contributed by atoms with E-state index in [4.69, 9.17) is 7.85 Å². The van der Waals surface area contributed by atoms with Crippen LogP contribution in [0.3, 0.4) is 0 Å². The number of alkyl halides is 3. The molecule has 1 aliphatic carbocycles. The molecule has 1 fully saturated rings. The fourth-order valence-corrected chi connectivity index (χ4v) is 2.73. The molecule has 1 amide bonds. The van der Waals surface area contributed by atoms with E-state index in [1.54, 1.807) is 0 Å². The summed E-state index contributed by atoms with van der Waals surface area (Å²) in [4.78, 5) is 11.9.